The summed E-state index contributed by atoms with van der Waals surface area (Å²) in [4.78, 5) is 7.80. The molecule has 0 spiro atoms. The van der Waals surface area contributed by atoms with Crippen LogP contribution in [0.3, 0.4) is 0 Å². The summed E-state index contributed by atoms with van der Waals surface area (Å²) >= 11 is 5.92. The minimum absolute atomic E-state index is 0.292. The molecule has 0 saturated heterocycles. The molecule has 76 valence electrons. The van der Waals surface area contributed by atoms with Gasteiger partial charge in [0.1, 0.15) is 12.1 Å². The van der Waals surface area contributed by atoms with E-state index in [1.165, 1.54) is 24.7 Å². The molecule has 0 N–H and O–H groups in total. The number of rotatable bonds is 1. The first-order valence-electron chi connectivity index (χ1n) is 4.40. The minimum Gasteiger partial charge on any atom is -0.243 e. The Morgan fingerprint density at radius 3 is 2.73 bits per heavy atom. The normalized spacial score (nSPS) is 10.3. The summed E-state index contributed by atoms with van der Waals surface area (Å²) in [5, 5.41) is 0.419. The molecule has 0 aliphatic carbocycles. The predicted molar refractivity (Wildman–Crippen MR) is 57.2 cm³/mol. The van der Waals surface area contributed by atoms with Crippen LogP contribution >= 0.6 is 11.6 Å². The van der Waals surface area contributed by atoms with Gasteiger partial charge in [-0.05, 0) is 30.7 Å². The molecule has 0 aliphatic rings. The molecule has 0 radical (unpaired) electrons. The lowest BCUT2D eigenvalue weighted by molar-refractivity contribution is 0.627. The molecular formula is C11H8ClFN2. The highest BCUT2D eigenvalue weighted by molar-refractivity contribution is 6.32. The molecule has 2 nitrogen and oxygen atoms in total. The Bertz CT molecular complexity index is 479. The largest absolute Gasteiger partial charge is 0.243 e. The first kappa shape index (κ1) is 10.1. The summed E-state index contributed by atoms with van der Waals surface area (Å²) in [6, 6.07) is 4.69. The fraction of sp³-hybridized carbons (Fsp3) is 0.0909. The van der Waals surface area contributed by atoms with Crippen LogP contribution in [0.5, 0.6) is 0 Å². The number of hydrogen-bond donors (Lipinski definition) is 0. The molecular weight excluding hydrogens is 215 g/mol. The summed E-state index contributed by atoms with van der Waals surface area (Å²) in [6.07, 6.45) is 2.88. The standard InChI is InChI=1S/C11H8ClFN2/c1-7-2-8(4-9(13)3-7)11-10(12)5-14-6-15-11/h2-6H,1H3. The van der Waals surface area contributed by atoms with Gasteiger partial charge in [-0.1, -0.05) is 11.6 Å². The van der Waals surface area contributed by atoms with E-state index in [4.69, 9.17) is 11.6 Å². The van der Waals surface area contributed by atoms with E-state index in [-0.39, 0.29) is 5.82 Å². The third-order valence-electron chi connectivity index (χ3n) is 1.98. The highest BCUT2D eigenvalue weighted by Gasteiger charge is 2.06. The molecule has 0 fully saturated rings. The van der Waals surface area contributed by atoms with Crippen molar-refractivity contribution in [2.75, 3.05) is 0 Å². The van der Waals surface area contributed by atoms with E-state index in [2.05, 4.69) is 9.97 Å². The van der Waals surface area contributed by atoms with Crippen LogP contribution in [0.25, 0.3) is 11.3 Å². The predicted octanol–water partition coefficient (Wildman–Crippen LogP) is 3.24. The van der Waals surface area contributed by atoms with Gasteiger partial charge in [-0.25, -0.2) is 14.4 Å². The SMILES string of the molecule is Cc1cc(F)cc(-c2ncncc2Cl)c1. The zero-order valence-corrected chi connectivity index (χ0v) is 8.79. The Balaban J connectivity index is 2.59. The van der Waals surface area contributed by atoms with Gasteiger partial charge in [-0.2, -0.15) is 0 Å². The molecule has 0 bridgehead atoms. The highest BCUT2D eigenvalue weighted by atomic mass is 35.5. The van der Waals surface area contributed by atoms with Crippen molar-refractivity contribution in [2.24, 2.45) is 0 Å². The third kappa shape index (κ3) is 2.13. The van der Waals surface area contributed by atoms with E-state index in [0.29, 0.717) is 16.3 Å². The van der Waals surface area contributed by atoms with Gasteiger partial charge in [0.05, 0.1) is 10.7 Å². The number of benzene rings is 1. The lowest BCUT2D eigenvalue weighted by atomic mass is 10.1. The third-order valence-corrected chi connectivity index (χ3v) is 2.26. The van der Waals surface area contributed by atoms with Gasteiger partial charge in [0.25, 0.3) is 0 Å². The quantitative estimate of drug-likeness (QED) is 0.740. The first-order chi connectivity index (χ1) is 7.16. The highest BCUT2D eigenvalue weighted by Crippen LogP contribution is 2.25. The minimum atomic E-state index is -0.292. The van der Waals surface area contributed by atoms with E-state index in [0.717, 1.165) is 5.56 Å². The molecule has 4 heteroatoms. The molecule has 0 atom stereocenters. The fourth-order valence-corrected chi connectivity index (χ4v) is 1.61. The second kappa shape index (κ2) is 3.95. The van der Waals surface area contributed by atoms with Crippen molar-refractivity contribution in [3.05, 3.63) is 47.1 Å². The smallest absolute Gasteiger partial charge is 0.124 e. The average Bonchev–Trinajstić information content (AvgIpc) is 2.16. The number of aromatic nitrogens is 2. The molecule has 2 rings (SSSR count). The van der Waals surface area contributed by atoms with Crippen LogP contribution in [0.1, 0.15) is 5.56 Å². The van der Waals surface area contributed by atoms with Crippen LogP contribution in [-0.2, 0) is 0 Å². The van der Waals surface area contributed by atoms with Crippen molar-refractivity contribution >= 4 is 11.6 Å². The van der Waals surface area contributed by atoms with Gasteiger partial charge in [0.15, 0.2) is 0 Å². The van der Waals surface area contributed by atoms with Gasteiger partial charge < -0.3 is 0 Å². The number of nitrogens with zero attached hydrogens (tertiary/aromatic N) is 2. The maximum atomic E-state index is 13.2. The molecule has 1 heterocycles. The second-order valence-electron chi connectivity index (χ2n) is 3.24. The van der Waals surface area contributed by atoms with E-state index in [9.17, 15) is 4.39 Å². The van der Waals surface area contributed by atoms with E-state index in [1.54, 1.807) is 0 Å². The molecule has 1 aromatic heterocycles. The van der Waals surface area contributed by atoms with Crippen molar-refractivity contribution in [1.82, 2.24) is 9.97 Å². The van der Waals surface area contributed by atoms with Gasteiger partial charge in [0.2, 0.25) is 0 Å². The van der Waals surface area contributed by atoms with Crippen molar-refractivity contribution in [3.63, 3.8) is 0 Å². The van der Waals surface area contributed by atoms with Gasteiger partial charge in [-0.15, -0.1) is 0 Å². The summed E-state index contributed by atoms with van der Waals surface area (Å²) in [5.74, 6) is -0.292. The topological polar surface area (TPSA) is 25.8 Å². The number of aryl methyl sites for hydroxylation is 1. The van der Waals surface area contributed by atoms with Crippen LogP contribution in [-0.4, -0.2) is 9.97 Å². The van der Waals surface area contributed by atoms with Crippen LogP contribution in [0.15, 0.2) is 30.7 Å². The van der Waals surface area contributed by atoms with E-state index in [1.807, 2.05) is 13.0 Å². The van der Waals surface area contributed by atoms with Crippen molar-refractivity contribution < 1.29 is 4.39 Å². The first-order valence-corrected chi connectivity index (χ1v) is 4.77. The summed E-state index contributed by atoms with van der Waals surface area (Å²) in [7, 11) is 0. The Morgan fingerprint density at radius 1 is 1.27 bits per heavy atom. The van der Waals surface area contributed by atoms with Crippen LogP contribution in [0.2, 0.25) is 5.02 Å². The summed E-state index contributed by atoms with van der Waals surface area (Å²) < 4.78 is 13.2. The zero-order chi connectivity index (χ0) is 10.8. The number of hydrogen-bond acceptors (Lipinski definition) is 2. The maximum absolute atomic E-state index is 13.2. The summed E-state index contributed by atoms with van der Waals surface area (Å²) in [5.41, 5.74) is 2.05. The van der Waals surface area contributed by atoms with E-state index >= 15 is 0 Å². The van der Waals surface area contributed by atoms with E-state index < -0.39 is 0 Å². The molecule has 0 aliphatic heterocycles. The Morgan fingerprint density at radius 2 is 2.07 bits per heavy atom. The second-order valence-corrected chi connectivity index (χ2v) is 3.64. The Hall–Kier alpha value is -1.48. The van der Waals surface area contributed by atoms with Crippen LogP contribution in [0, 0.1) is 12.7 Å². The van der Waals surface area contributed by atoms with Crippen LogP contribution < -0.4 is 0 Å². The van der Waals surface area contributed by atoms with Gasteiger partial charge in [-0.3, -0.25) is 0 Å². The van der Waals surface area contributed by atoms with Crippen molar-refractivity contribution in [3.8, 4) is 11.3 Å². The molecule has 15 heavy (non-hydrogen) atoms. The van der Waals surface area contributed by atoms with Gasteiger partial charge >= 0.3 is 0 Å². The molecule has 0 saturated carbocycles. The fourth-order valence-electron chi connectivity index (χ4n) is 1.40. The van der Waals surface area contributed by atoms with Crippen LogP contribution in [0.4, 0.5) is 4.39 Å². The number of halogens is 2. The zero-order valence-electron chi connectivity index (χ0n) is 8.04. The van der Waals surface area contributed by atoms with Crippen molar-refractivity contribution in [2.45, 2.75) is 6.92 Å². The molecule has 0 unspecified atom stereocenters. The summed E-state index contributed by atoms with van der Waals surface area (Å²) in [6.45, 7) is 1.82. The monoisotopic (exact) mass is 222 g/mol. The van der Waals surface area contributed by atoms with Crippen molar-refractivity contribution in [1.29, 1.82) is 0 Å². The van der Waals surface area contributed by atoms with Gasteiger partial charge in [0, 0.05) is 11.8 Å². The average molecular weight is 223 g/mol. The molecule has 2 aromatic rings. The molecule has 1 aromatic carbocycles. The Labute approximate surface area is 91.8 Å². The Kier molecular flexibility index (Phi) is 2.64. The molecule has 0 amide bonds. The lowest BCUT2D eigenvalue weighted by Gasteiger charge is -2.03. The maximum Gasteiger partial charge on any atom is 0.124 e. The lowest BCUT2D eigenvalue weighted by Crippen LogP contribution is -1.88.